The van der Waals surface area contributed by atoms with Gasteiger partial charge in [0.1, 0.15) is 0 Å². The third-order valence-corrected chi connectivity index (χ3v) is 4.89. The molecule has 0 atom stereocenters. The molecule has 0 spiro atoms. The predicted molar refractivity (Wildman–Crippen MR) is 110 cm³/mol. The Balaban J connectivity index is 1.66. The van der Waals surface area contributed by atoms with Gasteiger partial charge in [0.2, 0.25) is 5.75 Å². The van der Waals surface area contributed by atoms with Crippen molar-refractivity contribution in [2.24, 2.45) is 0 Å². The van der Waals surface area contributed by atoms with Crippen LogP contribution < -0.4 is 24.4 Å². The Morgan fingerprint density at radius 3 is 2.14 bits per heavy atom. The summed E-state index contributed by atoms with van der Waals surface area (Å²) in [5.74, 6) is 1.78. The third-order valence-electron chi connectivity index (χ3n) is 4.66. The highest BCUT2D eigenvalue weighted by molar-refractivity contribution is 6.30. The van der Waals surface area contributed by atoms with Gasteiger partial charge in [-0.2, -0.15) is 0 Å². The number of urea groups is 1. The molecule has 28 heavy (non-hydrogen) atoms. The number of ether oxygens (including phenoxy) is 3. The molecule has 0 radical (unpaired) electrons. The fraction of sp³-hybridized carbons (Fsp3) is 0.350. The van der Waals surface area contributed by atoms with Crippen molar-refractivity contribution in [3.63, 3.8) is 0 Å². The number of rotatable bonds is 5. The molecular weight excluding hydrogens is 382 g/mol. The number of anilines is 2. The first kappa shape index (κ1) is 19.9. The molecule has 3 rings (SSSR count). The van der Waals surface area contributed by atoms with Gasteiger partial charge in [-0.05, 0) is 18.2 Å². The Hall–Kier alpha value is -2.80. The van der Waals surface area contributed by atoms with E-state index in [2.05, 4.69) is 10.2 Å². The zero-order valence-corrected chi connectivity index (χ0v) is 17.0. The van der Waals surface area contributed by atoms with Crippen LogP contribution >= 0.6 is 11.6 Å². The maximum Gasteiger partial charge on any atom is 0.321 e. The number of piperazine rings is 1. The van der Waals surface area contributed by atoms with Crippen LogP contribution in [0.15, 0.2) is 36.4 Å². The Morgan fingerprint density at radius 2 is 1.61 bits per heavy atom. The Labute approximate surface area is 169 Å². The second-order valence-corrected chi connectivity index (χ2v) is 6.73. The van der Waals surface area contributed by atoms with Crippen LogP contribution in [-0.2, 0) is 0 Å². The Kier molecular flexibility index (Phi) is 6.36. The van der Waals surface area contributed by atoms with Crippen molar-refractivity contribution in [2.75, 3.05) is 57.7 Å². The summed E-state index contributed by atoms with van der Waals surface area (Å²) in [6.07, 6.45) is 0. The quantitative estimate of drug-likeness (QED) is 0.821. The topological polar surface area (TPSA) is 63.3 Å². The van der Waals surface area contributed by atoms with Crippen molar-refractivity contribution in [2.45, 2.75) is 0 Å². The number of nitrogens with zero attached hydrogens (tertiary/aromatic N) is 2. The van der Waals surface area contributed by atoms with Crippen LogP contribution in [0.5, 0.6) is 17.2 Å². The van der Waals surface area contributed by atoms with Crippen LogP contribution in [0.25, 0.3) is 0 Å². The first-order chi connectivity index (χ1) is 13.5. The van der Waals surface area contributed by atoms with E-state index >= 15 is 0 Å². The summed E-state index contributed by atoms with van der Waals surface area (Å²) in [4.78, 5) is 16.5. The van der Waals surface area contributed by atoms with Crippen LogP contribution in [0.2, 0.25) is 5.02 Å². The number of hydrogen-bond acceptors (Lipinski definition) is 5. The second kappa shape index (κ2) is 8.93. The summed E-state index contributed by atoms with van der Waals surface area (Å²) in [5.41, 5.74) is 1.65. The molecule has 2 aromatic carbocycles. The molecule has 2 amide bonds. The zero-order valence-electron chi connectivity index (χ0n) is 16.2. The molecule has 0 aliphatic carbocycles. The molecule has 1 saturated heterocycles. The molecule has 8 heteroatoms. The molecule has 1 N–H and O–H groups in total. The van der Waals surface area contributed by atoms with Crippen molar-refractivity contribution in [3.05, 3.63) is 41.4 Å². The number of hydrogen-bond donors (Lipinski definition) is 1. The lowest BCUT2D eigenvalue weighted by Gasteiger charge is -2.36. The van der Waals surface area contributed by atoms with E-state index in [1.807, 2.05) is 18.2 Å². The van der Waals surface area contributed by atoms with Crippen LogP contribution in [0.3, 0.4) is 0 Å². The molecule has 150 valence electrons. The van der Waals surface area contributed by atoms with Crippen LogP contribution in [0, 0.1) is 0 Å². The van der Waals surface area contributed by atoms with Crippen LogP contribution in [-0.4, -0.2) is 58.4 Å². The summed E-state index contributed by atoms with van der Waals surface area (Å²) in [6.45, 7) is 2.59. The van der Waals surface area contributed by atoms with Gasteiger partial charge in [-0.15, -0.1) is 0 Å². The molecule has 1 aliphatic heterocycles. The van der Waals surface area contributed by atoms with Crippen LogP contribution in [0.1, 0.15) is 0 Å². The van der Waals surface area contributed by atoms with E-state index in [0.29, 0.717) is 54.1 Å². The van der Waals surface area contributed by atoms with Gasteiger partial charge < -0.3 is 29.3 Å². The Morgan fingerprint density at radius 1 is 0.964 bits per heavy atom. The molecule has 0 unspecified atom stereocenters. The first-order valence-electron chi connectivity index (χ1n) is 8.92. The third kappa shape index (κ3) is 4.36. The summed E-state index contributed by atoms with van der Waals surface area (Å²) in [7, 11) is 4.77. The van der Waals surface area contributed by atoms with E-state index < -0.39 is 0 Å². The van der Waals surface area contributed by atoms with Crippen LogP contribution in [0.4, 0.5) is 16.2 Å². The van der Waals surface area contributed by atoms with Gasteiger partial charge >= 0.3 is 6.03 Å². The maximum atomic E-state index is 12.5. The van der Waals surface area contributed by atoms with Crippen molar-refractivity contribution in [1.82, 2.24) is 4.90 Å². The highest BCUT2D eigenvalue weighted by Crippen LogP contribution is 2.41. The van der Waals surface area contributed by atoms with E-state index in [-0.39, 0.29) is 6.03 Å². The maximum absolute atomic E-state index is 12.5. The smallest absolute Gasteiger partial charge is 0.321 e. The monoisotopic (exact) mass is 405 g/mol. The van der Waals surface area contributed by atoms with E-state index in [0.717, 1.165) is 5.69 Å². The van der Waals surface area contributed by atoms with E-state index in [4.69, 9.17) is 25.8 Å². The van der Waals surface area contributed by atoms with Gasteiger partial charge in [0, 0.05) is 54.7 Å². The number of halogens is 1. The van der Waals surface area contributed by atoms with Gasteiger partial charge in [0.15, 0.2) is 11.5 Å². The average molecular weight is 406 g/mol. The van der Waals surface area contributed by atoms with E-state index in [1.165, 1.54) is 0 Å². The molecule has 2 aromatic rings. The number of methoxy groups -OCH3 is 3. The highest BCUT2D eigenvalue weighted by Gasteiger charge is 2.23. The lowest BCUT2D eigenvalue weighted by Crippen LogP contribution is -2.50. The van der Waals surface area contributed by atoms with E-state index in [9.17, 15) is 4.79 Å². The number of benzene rings is 2. The predicted octanol–water partition coefficient (Wildman–Crippen LogP) is 3.72. The zero-order chi connectivity index (χ0) is 20.1. The van der Waals surface area contributed by atoms with Gasteiger partial charge in [0.05, 0.1) is 21.3 Å². The number of amides is 2. The lowest BCUT2D eigenvalue weighted by molar-refractivity contribution is 0.208. The summed E-state index contributed by atoms with van der Waals surface area (Å²) in [5, 5.41) is 3.47. The molecule has 0 bridgehead atoms. The van der Waals surface area contributed by atoms with Gasteiger partial charge in [-0.3, -0.25) is 0 Å². The fourth-order valence-corrected chi connectivity index (χ4v) is 3.38. The minimum Gasteiger partial charge on any atom is -0.493 e. The van der Waals surface area contributed by atoms with Crippen molar-refractivity contribution < 1.29 is 19.0 Å². The fourth-order valence-electron chi connectivity index (χ4n) is 3.19. The molecule has 0 aromatic heterocycles. The molecular formula is C20H24ClN3O4. The second-order valence-electron chi connectivity index (χ2n) is 6.30. The molecule has 1 fully saturated rings. The largest absolute Gasteiger partial charge is 0.493 e. The van der Waals surface area contributed by atoms with Gasteiger partial charge in [-0.1, -0.05) is 17.7 Å². The number of carbonyl (C=O) groups excluding carboxylic acids is 1. The number of carbonyl (C=O) groups is 1. The summed E-state index contributed by atoms with van der Waals surface area (Å²) in [6, 6.07) is 10.8. The lowest BCUT2D eigenvalue weighted by atomic mass is 10.2. The Bertz CT molecular complexity index is 813. The van der Waals surface area contributed by atoms with Gasteiger partial charge in [0.25, 0.3) is 0 Å². The summed E-state index contributed by atoms with van der Waals surface area (Å²) >= 11 is 5.97. The normalized spacial score (nSPS) is 13.9. The molecule has 7 nitrogen and oxygen atoms in total. The van der Waals surface area contributed by atoms with Gasteiger partial charge in [-0.25, -0.2) is 4.79 Å². The average Bonchev–Trinajstić information content (AvgIpc) is 2.72. The first-order valence-corrected chi connectivity index (χ1v) is 9.30. The standard InChI is InChI=1S/C20H24ClN3O4/c1-26-17-12-16(13-18(27-2)19(17)28-3)23-7-9-24(10-8-23)20(25)22-15-6-4-5-14(21)11-15/h4-6,11-13H,7-10H2,1-3H3,(H,22,25). The molecule has 1 heterocycles. The number of nitrogens with one attached hydrogen (secondary N) is 1. The SMILES string of the molecule is COc1cc(N2CCN(C(=O)Nc3cccc(Cl)c3)CC2)cc(OC)c1OC. The minimum absolute atomic E-state index is 0.133. The van der Waals surface area contributed by atoms with Crippen molar-refractivity contribution in [1.29, 1.82) is 0 Å². The molecule has 0 saturated carbocycles. The summed E-state index contributed by atoms with van der Waals surface area (Å²) < 4.78 is 16.2. The molecule has 1 aliphatic rings. The minimum atomic E-state index is -0.133. The highest BCUT2D eigenvalue weighted by atomic mass is 35.5. The van der Waals surface area contributed by atoms with Crippen molar-refractivity contribution >= 4 is 29.0 Å². The van der Waals surface area contributed by atoms with Crippen molar-refractivity contribution in [3.8, 4) is 17.2 Å². The van der Waals surface area contributed by atoms with E-state index in [1.54, 1.807) is 44.4 Å².